The molecule has 2 aromatic heterocycles. The summed E-state index contributed by atoms with van der Waals surface area (Å²) in [5.41, 5.74) is 7.58. The van der Waals surface area contributed by atoms with Gasteiger partial charge in [0.25, 0.3) is 0 Å². The van der Waals surface area contributed by atoms with Gasteiger partial charge in [-0.25, -0.2) is 4.98 Å². The molecule has 0 amide bonds. The van der Waals surface area contributed by atoms with E-state index in [-0.39, 0.29) is 5.54 Å². The van der Waals surface area contributed by atoms with E-state index < -0.39 is 0 Å². The van der Waals surface area contributed by atoms with Gasteiger partial charge in [0, 0.05) is 17.7 Å². The topological polar surface area (TPSA) is 67.8 Å². The molecule has 86 valence electrons. The highest BCUT2D eigenvalue weighted by atomic mass is 16.3. The van der Waals surface area contributed by atoms with Crippen molar-refractivity contribution in [1.82, 2.24) is 9.97 Å². The van der Waals surface area contributed by atoms with E-state index in [0.717, 1.165) is 23.0 Å². The molecule has 16 heavy (non-hydrogen) atoms. The lowest BCUT2D eigenvalue weighted by molar-refractivity contribution is 0.504. The second-order valence-corrected chi connectivity index (χ2v) is 4.80. The average Bonchev–Trinajstić information content (AvgIpc) is 2.71. The monoisotopic (exact) mass is 219 g/mol. The van der Waals surface area contributed by atoms with Crippen molar-refractivity contribution in [2.24, 2.45) is 5.73 Å². The summed E-state index contributed by atoms with van der Waals surface area (Å²) in [5, 5.41) is 0. The van der Waals surface area contributed by atoms with Gasteiger partial charge in [-0.1, -0.05) is 0 Å². The lowest BCUT2D eigenvalue weighted by Crippen LogP contribution is -2.34. The average molecular weight is 219 g/mol. The van der Waals surface area contributed by atoms with Gasteiger partial charge < -0.3 is 15.1 Å². The van der Waals surface area contributed by atoms with Gasteiger partial charge in [0.15, 0.2) is 5.76 Å². The van der Waals surface area contributed by atoms with Crippen molar-refractivity contribution in [2.45, 2.75) is 32.7 Å². The number of furan rings is 1. The maximum Gasteiger partial charge on any atom is 0.154 e. The van der Waals surface area contributed by atoms with E-state index in [1.54, 1.807) is 6.26 Å². The van der Waals surface area contributed by atoms with Crippen LogP contribution < -0.4 is 5.73 Å². The lowest BCUT2D eigenvalue weighted by atomic mass is 10.0. The van der Waals surface area contributed by atoms with E-state index >= 15 is 0 Å². The van der Waals surface area contributed by atoms with Crippen LogP contribution in [0.4, 0.5) is 0 Å². The second-order valence-electron chi connectivity index (χ2n) is 4.80. The smallest absolute Gasteiger partial charge is 0.154 e. The first kappa shape index (κ1) is 11.0. The summed E-state index contributed by atoms with van der Waals surface area (Å²) >= 11 is 0. The zero-order chi connectivity index (χ0) is 11.8. The van der Waals surface area contributed by atoms with Crippen molar-refractivity contribution in [3.05, 3.63) is 29.9 Å². The van der Waals surface area contributed by atoms with Crippen molar-refractivity contribution in [1.29, 1.82) is 0 Å². The van der Waals surface area contributed by atoms with Crippen molar-refractivity contribution >= 4 is 0 Å². The number of nitrogens with two attached hydrogens (primary N) is 1. The number of nitrogens with one attached hydrogen (secondary N) is 1. The normalized spacial score (nSPS) is 12.0. The summed E-state index contributed by atoms with van der Waals surface area (Å²) in [6, 6.07) is 3.76. The Hall–Kier alpha value is -1.55. The third kappa shape index (κ3) is 2.33. The van der Waals surface area contributed by atoms with Crippen LogP contribution in [0.1, 0.15) is 25.4 Å². The van der Waals surface area contributed by atoms with Crippen LogP contribution >= 0.6 is 0 Å². The van der Waals surface area contributed by atoms with Crippen LogP contribution in [0.25, 0.3) is 11.5 Å². The minimum absolute atomic E-state index is 0.259. The quantitative estimate of drug-likeness (QED) is 0.832. The Kier molecular flexibility index (Phi) is 2.59. The Morgan fingerprint density at radius 1 is 1.50 bits per heavy atom. The molecule has 2 aromatic rings. The SMILES string of the molecule is Cc1[nH]c(CC(C)(C)N)nc1-c1ccco1. The number of H-pyrrole nitrogens is 1. The molecule has 2 heterocycles. The Morgan fingerprint density at radius 2 is 2.25 bits per heavy atom. The highest BCUT2D eigenvalue weighted by Gasteiger charge is 2.17. The summed E-state index contributed by atoms with van der Waals surface area (Å²) in [6.45, 7) is 5.95. The molecule has 0 aromatic carbocycles. The number of aryl methyl sites for hydroxylation is 1. The minimum Gasteiger partial charge on any atom is -0.463 e. The predicted molar refractivity (Wildman–Crippen MR) is 63.0 cm³/mol. The summed E-state index contributed by atoms with van der Waals surface area (Å²) < 4.78 is 5.33. The predicted octanol–water partition coefficient (Wildman–Crippen LogP) is 2.26. The fourth-order valence-corrected chi connectivity index (χ4v) is 1.69. The van der Waals surface area contributed by atoms with Crippen LogP contribution in [0.3, 0.4) is 0 Å². The van der Waals surface area contributed by atoms with Gasteiger partial charge >= 0.3 is 0 Å². The number of aromatic nitrogens is 2. The molecule has 0 spiro atoms. The third-order valence-electron chi connectivity index (χ3n) is 2.31. The summed E-state index contributed by atoms with van der Waals surface area (Å²) in [5.74, 6) is 1.69. The van der Waals surface area contributed by atoms with E-state index in [2.05, 4.69) is 9.97 Å². The van der Waals surface area contributed by atoms with Crippen LogP contribution in [-0.4, -0.2) is 15.5 Å². The van der Waals surface area contributed by atoms with E-state index in [1.807, 2.05) is 32.9 Å². The van der Waals surface area contributed by atoms with Crippen LogP contribution in [0.2, 0.25) is 0 Å². The van der Waals surface area contributed by atoms with Crippen molar-refractivity contribution < 1.29 is 4.42 Å². The van der Waals surface area contributed by atoms with E-state index in [4.69, 9.17) is 10.2 Å². The molecule has 2 rings (SSSR count). The Morgan fingerprint density at radius 3 is 2.81 bits per heavy atom. The van der Waals surface area contributed by atoms with E-state index in [1.165, 1.54) is 0 Å². The number of rotatable bonds is 3. The first-order valence-corrected chi connectivity index (χ1v) is 5.34. The summed E-state index contributed by atoms with van der Waals surface area (Å²) in [7, 11) is 0. The molecule has 0 atom stereocenters. The molecule has 0 saturated heterocycles. The van der Waals surface area contributed by atoms with Crippen LogP contribution in [-0.2, 0) is 6.42 Å². The molecule has 4 heteroatoms. The molecule has 0 radical (unpaired) electrons. The van der Waals surface area contributed by atoms with Gasteiger partial charge in [0.2, 0.25) is 0 Å². The third-order valence-corrected chi connectivity index (χ3v) is 2.31. The highest BCUT2D eigenvalue weighted by molar-refractivity contribution is 5.55. The molecule has 4 nitrogen and oxygen atoms in total. The number of nitrogens with zero attached hydrogens (tertiary/aromatic N) is 1. The fourth-order valence-electron chi connectivity index (χ4n) is 1.69. The molecular formula is C12H17N3O. The Labute approximate surface area is 94.9 Å². The Balaban J connectivity index is 2.29. The second kappa shape index (κ2) is 3.79. The molecule has 0 aliphatic heterocycles. The van der Waals surface area contributed by atoms with Crippen LogP contribution in [0.5, 0.6) is 0 Å². The van der Waals surface area contributed by atoms with Gasteiger partial charge in [0.05, 0.1) is 6.26 Å². The molecule has 0 aliphatic carbocycles. The van der Waals surface area contributed by atoms with Crippen molar-refractivity contribution in [3.63, 3.8) is 0 Å². The van der Waals surface area contributed by atoms with Gasteiger partial charge in [-0.2, -0.15) is 0 Å². The molecular weight excluding hydrogens is 202 g/mol. The van der Waals surface area contributed by atoms with Gasteiger partial charge in [-0.05, 0) is 32.9 Å². The molecule has 3 N–H and O–H groups in total. The largest absolute Gasteiger partial charge is 0.463 e. The lowest BCUT2D eigenvalue weighted by Gasteiger charge is -2.15. The Bertz CT molecular complexity index is 463. The van der Waals surface area contributed by atoms with Crippen molar-refractivity contribution in [2.75, 3.05) is 0 Å². The molecule has 0 saturated carbocycles. The molecule has 0 aliphatic rings. The number of hydrogen-bond donors (Lipinski definition) is 2. The first-order valence-electron chi connectivity index (χ1n) is 5.34. The molecule has 0 fully saturated rings. The van der Waals surface area contributed by atoms with Crippen LogP contribution in [0.15, 0.2) is 22.8 Å². The standard InChI is InChI=1S/C12H17N3O/c1-8-11(9-5-4-6-16-9)15-10(14-8)7-12(2,3)13/h4-6H,7,13H2,1-3H3,(H,14,15). The first-order chi connectivity index (χ1) is 7.46. The number of aromatic amines is 1. The van der Waals surface area contributed by atoms with Crippen LogP contribution in [0, 0.1) is 6.92 Å². The summed E-state index contributed by atoms with van der Waals surface area (Å²) in [6.07, 6.45) is 2.37. The number of imidazole rings is 1. The van der Waals surface area contributed by atoms with Gasteiger partial charge in [0.1, 0.15) is 11.5 Å². The maximum absolute atomic E-state index is 5.96. The molecule has 0 bridgehead atoms. The maximum atomic E-state index is 5.96. The summed E-state index contributed by atoms with van der Waals surface area (Å²) in [4.78, 5) is 7.75. The highest BCUT2D eigenvalue weighted by Crippen LogP contribution is 2.22. The zero-order valence-electron chi connectivity index (χ0n) is 9.87. The van der Waals surface area contributed by atoms with E-state index in [0.29, 0.717) is 6.42 Å². The zero-order valence-corrected chi connectivity index (χ0v) is 9.87. The molecule has 0 unspecified atom stereocenters. The van der Waals surface area contributed by atoms with E-state index in [9.17, 15) is 0 Å². The number of hydrogen-bond acceptors (Lipinski definition) is 3. The van der Waals surface area contributed by atoms with Crippen molar-refractivity contribution in [3.8, 4) is 11.5 Å². The van der Waals surface area contributed by atoms with Gasteiger partial charge in [-0.3, -0.25) is 0 Å². The van der Waals surface area contributed by atoms with Gasteiger partial charge in [-0.15, -0.1) is 0 Å². The fraction of sp³-hybridized carbons (Fsp3) is 0.417. The minimum atomic E-state index is -0.259.